The van der Waals surface area contributed by atoms with Crippen LogP contribution in [0.2, 0.25) is 0 Å². The second kappa shape index (κ2) is 5.77. The third-order valence-electron chi connectivity index (χ3n) is 1.91. The Morgan fingerprint density at radius 1 is 1.67 bits per heavy atom. The number of nitro groups is 1. The molecule has 0 aliphatic carbocycles. The molecule has 0 spiro atoms. The summed E-state index contributed by atoms with van der Waals surface area (Å²) < 4.78 is 5.02. The quantitative estimate of drug-likeness (QED) is 0.598. The molecule has 1 heterocycles. The third kappa shape index (κ3) is 3.93. The Bertz CT molecular complexity index is 327. The van der Waals surface area contributed by atoms with Crippen LogP contribution in [0.5, 0.6) is 0 Å². The molecule has 1 unspecified atom stereocenters. The summed E-state index contributed by atoms with van der Waals surface area (Å²) in [7, 11) is 0. The second-order valence-corrected chi connectivity index (χ2v) is 4.62. The fraction of sp³-hybridized carbons (Fsp3) is 0.556. The SMILES string of the molecule is CC(CCN)SCc1ccc([N+](=O)[O-])o1. The van der Waals surface area contributed by atoms with Crippen LogP contribution in [0.4, 0.5) is 5.88 Å². The Balaban J connectivity index is 2.40. The van der Waals surface area contributed by atoms with Gasteiger partial charge in [0.2, 0.25) is 0 Å². The van der Waals surface area contributed by atoms with Crippen molar-refractivity contribution in [1.82, 2.24) is 0 Å². The minimum absolute atomic E-state index is 0.197. The minimum Gasteiger partial charge on any atom is -0.405 e. The fourth-order valence-corrected chi connectivity index (χ4v) is 1.99. The first-order valence-corrected chi connectivity index (χ1v) is 5.73. The lowest BCUT2D eigenvalue weighted by Gasteiger charge is -2.07. The molecule has 1 aromatic heterocycles. The summed E-state index contributed by atoms with van der Waals surface area (Å²) in [4.78, 5) is 9.81. The first-order valence-electron chi connectivity index (χ1n) is 4.68. The van der Waals surface area contributed by atoms with E-state index in [0.29, 0.717) is 23.3 Å². The van der Waals surface area contributed by atoms with Crippen LogP contribution < -0.4 is 5.73 Å². The van der Waals surface area contributed by atoms with E-state index in [9.17, 15) is 10.1 Å². The van der Waals surface area contributed by atoms with Crippen molar-refractivity contribution in [3.8, 4) is 0 Å². The highest BCUT2D eigenvalue weighted by Crippen LogP contribution is 2.23. The number of hydrogen-bond acceptors (Lipinski definition) is 5. The van der Waals surface area contributed by atoms with Crippen molar-refractivity contribution < 1.29 is 9.34 Å². The van der Waals surface area contributed by atoms with Gasteiger partial charge in [-0.05, 0) is 19.0 Å². The van der Waals surface area contributed by atoms with Gasteiger partial charge in [0.25, 0.3) is 0 Å². The molecule has 1 rings (SSSR count). The maximum atomic E-state index is 10.3. The minimum atomic E-state index is -0.530. The summed E-state index contributed by atoms with van der Waals surface area (Å²) in [5, 5.41) is 10.8. The van der Waals surface area contributed by atoms with E-state index in [4.69, 9.17) is 10.2 Å². The van der Waals surface area contributed by atoms with Crippen LogP contribution in [0.25, 0.3) is 0 Å². The van der Waals surface area contributed by atoms with Crippen molar-refractivity contribution in [1.29, 1.82) is 0 Å². The summed E-state index contributed by atoms with van der Waals surface area (Å²) in [6.07, 6.45) is 0.938. The zero-order valence-electron chi connectivity index (χ0n) is 8.51. The third-order valence-corrected chi connectivity index (χ3v) is 3.17. The molecule has 0 aliphatic rings. The highest BCUT2D eigenvalue weighted by molar-refractivity contribution is 7.99. The molecule has 0 aromatic carbocycles. The van der Waals surface area contributed by atoms with Gasteiger partial charge in [-0.1, -0.05) is 6.92 Å². The molecule has 0 saturated carbocycles. The second-order valence-electron chi connectivity index (χ2n) is 3.20. The van der Waals surface area contributed by atoms with E-state index < -0.39 is 4.92 Å². The molecule has 5 nitrogen and oxygen atoms in total. The average Bonchev–Trinajstić information content (AvgIpc) is 2.63. The number of furan rings is 1. The number of thioether (sulfide) groups is 1. The molecule has 0 amide bonds. The van der Waals surface area contributed by atoms with Crippen molar-refractivity contribution in [2.24, 2.45) is 5.73 Å². The molecule has 15 heavy (non-hydrogen) atoms. The molecule has 0 aliphatic heterocycles. The maximum Gasteiger partial charge on any atom is 0.433 e. The first kappa shape index (κ1) is 12.1. The van der Waals surface area contributed by atoms with Crippen molar-refractivity contribution in [2.45, 2.75) is 24.3 Å². The van der Waals surface area contributed by atoms with Crippen molar-refractivity contribution >= 4 is 17.6 Å². The van der Waals surface area contributed by atoms with Crippen LogP contribution in [-0.2, 0) is 5.75 Å². The zero-order chi connectivity index (χ0) is 11.3. The van der Waals surface area contributed by atoms with E-state index in [0.717, 1.165) is 6.42 Å². The number of nitrogens with zero attached hydrogens (tertiary/aromatic N) is 1. The van der Waals surface area contributed by atoms with Gasteiger partial charge in [0.1, 0.15) is 10.7 Å². The van der Waals surface area contributed by atoms with E-state index >= 15 is 0 Å². The maximum absolute atomic E-state index is 10.3. The molecule has 0 radical (unpaired) electrons. The molecule has 84 valence electrons. The standard InChI is InChI=1S/C9H14N2O3S/c1-7(4-5-10)15-6-8-2-3-9(14-8)11(12)13/h2-3,7H,4-6,10H2,1H3. The molecule has 1 atom stereocenters. The highest BCUT2D eigenvalue weighted by Gasteiger charge is 2.12. The molecular formula is C9H14N2O3S. The lowest BCUT2D eigenvalue weighted by atomic mass is 10.3. The Morgan fingerprint density at radius 2 is 2.40 bits per heavy atom. The number of hydrogen-bond donors (Lipinski definition) is 1. The molecular weight excluding hydrogens is 216 g/mol. The lowest BCUT2D eigenvalue weighted by molar-refractivity contribution is -0.402. The van der Waals surface area contributed by atoms with Gasteiger partial charge in [-0.25, -0.2) is 0 Å². The van der Waals surface area contributed by atoms with Crippen LogP contribution in [-0.4, -0.2) is 16.7 Å². The Morgan fingerprint density at radius 3 is 2.93 bits per heavy atom. The Hall–Kier alpha value is -1.01. The zero-order valence-corrected chi connectivity index (χ0v) is 9.33. The van der Waals surface area contributed by atoms with Crippen LogP contribution in [0.15, 0.2) is 16.5 Å². The van der Waals surface area contributed by atoms with Crippen molar-refractivity contribution in [3.05, 3.63) is 28.0 Å². The monoisotopic (exact) mass is 230 g/mol. The normalized spacial score (nSPS) is 12.7. The van der Waals surface area contributed by atoms with E-state index in [1.165, 1.54) is 6.07 Å². The summed E-state index contributed by atoms with van der Waals surface area (Å²) in [6, 6.07) is 3.02. The van der Waals surface area contributed by atoms with Gasteiger partial charge in [0, 0.05) is 5.25 Å². The predicted octanol–water partition coefficient (Wildman–Crippen LogP) is 2.16. The van der Waals surface area contributed by atoms with E-state index in [1.54, 1.807) is 17.8 Å². The number of nitrogens with two attached hydrogens (primary N) is 1. The first-order chi connectivity index (χ1) is 7.13. The van der Waals surface area contributed by atoms with Crippen LogP contribution >= 0.6 is 11.8 Å². The molecule has 2 N–H and O–H groups in total. The highest BCUT2D eigenvalue weighted by atomic mass is 32.2. The Kier molecular flexibility index (Phi) is 4.64. The van der Waals surface area contributed by atoms with Gasteiger partial charge in [-0.3, -0.25) is 10.1 Å². The summed E-state index contributed by atoms with van der Waals surface area (Å²) in [6.45, 7) is 2.74. The lowest BCUT2D eigenvalue weighted by Crippen LogP contribution is -2.07. The van der Waals surface area contributed by atoms with Gasteiger partial charge in [0.05, 0.1) is 11.8 Å². The summed E-state index contributed by atoms with van der Waals surface area (Å²) >= 11 is 1.68. The van der Waals surface area contributed by atoms with Gasteiger partial charge in [-0.15, -0.1) is 0 Å². The van der Waals surface area contributed by atoms with Gasteiger partial charge in [0.15, 0.2) is 0 Å². The summed E-state index contributed by atoms with van der Waals surface area (Å²) in [5.41, 5.74) is 5.42. The van der Waals surface area contributed by atoms with Gasteiger partial charge in [-0.2, -0.15) is 11.8 Å². The number of rotatable bonds is 6. The van der Waals surface area contributed by atoms with Crippen molar-refractivity contribution in [3.63, 3.8) is 0 Å². The molecule has 0 fully saturated rings. The van der Waals surface area contributed by atoms with Crippen LogP contribution in [0.3, 0.4) is 0 Å². The smallest absolute Gasteiger partial charge is 0.405 e. The topological polar surface area (TPSA) is 82.3 Å². The molecule has 0 saturated heterocycles. The largest absolute Gasteiger partial charge is 0.433 e. The summed E-state index contributed by atoms with van der Waals surface area (Å²) in [5.74, 6) is 1.09. The average molecular weight is 230 g/mol. The van der Waals surface area contributed by atoms with E-state index in [2.05, 4.69) is 6.92 Å². The van der Waals surface area contributed by atoms with Crippen LogP contribution in [0, 0.1) is 10.1 Å². The van der Waals surface area contributed by atoms with Gasteiger partial charge < -0.3 is 10.2 Å². The van der Waals surface area contributed by atoms with Crippen molar-refractivity contribution in [2.75, 3.05) is 6.54 Å². The van der Waals surface area contributed by atoms with Crippen LogP contribution in [0.1, 0.15) is 19.1 Å². The molecule has 1 aromatic rings. The Labute approximate surface area is 92.2 Å². The molecule has 0 bridgehead atoms. The molecule has 6 heteroatoms. The predicted molar refractivity (Wildman–Crippen MR) is 59.8 cm³/mol. The van der Waals surface area contributed by atoms with E-state index in [-0.39, 0.29) is 5.88 Å². The van der Waals surface area contributed by atoms with E-state index in [1.807, 2.05) is 0 Å². The van der Waals surface area contributed by atoms with Gasteiger partial charge >= 0.3 is 5.88 Å². The fourth-order valence-electron chi connectivity index (χ4n) is 1.08.